The largest absolute Gasteiger partial charge is 0.121 e. The highest BCUT2D eigenvalue weighted by Crippen LogP contribution is 2.62. The van der Waals surface area contributed by atoms with Gasteiger partial charge in [-0.2, -0.15) is 0 Å². The third-order valence-corrected chi connectivity index (χ3v) is 33.8. The van der Waals surface area contributed by atoms with E-state index in [4.69, 9.17) is 0 Å². The van der Waals surface area contributed by atoms with E-state index in [1.807, 2.05) is 188 Å². The second kappa shape index (κ2) is 19.9. The minimum Gasteiger partial charge on any atom is -0.121 e. The molecule has 0 saturated carbocycles. The molecule has 4 aliphatic heterocycles. The standard InChI is InChI=1S/C51H40S16/c1-52-44-45(53-2)61-40(60-44)36-22-13-9-10-14-23(22)37(41-62-46(54-3)47(55-4)63-41)33-19-29-27-17-26(28(29)18-32(33)36)30-20-34-35(21-31(27)30)39(43-66-50(58-7)51(59-8)67-43)25-16-12-11-15-24(25)38(34)42-64-48(56-5)49(57-6)65-42/h9-16,18-21,26-27H,17H2,1-8H3. The third-order valence-electron chi connectivity index (χ3n) is 12.9. The van der Waals surface area contributed by atoms with Gasteiger partial charge in [-0.1, -0.05) is 143 Å². The molecule has 0 fully saturated rings. The van der Waals surface area contributed by atoms with Crippen molar-refractivity contribution in [3.05, 3.63) is 150 Å². The molecule has 0 unspecified atom stereocenters. The van der Waals surface area contributed by atoms with Crippen molar-refractivity contribution < 1.29 is 0 Å². The van der Waals surface area contributed by atoms with E-state index in [1.54, 1.807) is 22.3 Å². The lowest BCUT2D eigenvalue weighted by atomic mass is 9.82. The lowest BCUT2D eigenvalue weighted by Gasteiger charge is -2.23. The van der Waals surface area contributed by atoms with Gasteiger partial charge >= 0.3 is 0 Å². The van der Waals surface area contributed by atoms with Crippen molar-refractivity contribution in [2.24, 2.45) is 0 Å². The molecule has 0 N–H and O–H groups in total. The molecule has 16 heteroatoms. The van der Waals surface area contributed by atoms with Crippen LogP contribution in [0.2, 0.25) is 0 Å². The molecule has 4 heterocycles. The molecule has 340 valence electrons. The van der Waals surface area contributed by atoms with Crippen molar-refractivity contribution in [1.29, 1.82) is 0 Å². The van der Waals surface area contributed by atoms with Gasteiger partial charge in [-0.3, -0.25) is 0 Å². The van der Waals surface area contributed by atoms with E-state index in [2.05, 4.69) is 123 Å². The summed E-state index contributed by atoms with van der Waals surface area (Å²) in [6, 6.07) is 29.4. The van der Waals surface area contributed by atoms with E-state index in [-0.39, 0.29) is 0 Å². The van der Waals surface area contributed by atoms with E-state index in [9.17, 15) is 0 Å². The van der Waals surface area contributed by atoms with E-state index < -0.39 is 0 Å². The summed E-state index contributed by atoms with van der Waals surface area (Å²) in [7, 11) is 0. The van der Waals surface area contributed by atoms with Crippen LogP contribution in [-0.4, -0.2) is 50.0 Å². The molecule has 6 aromatic carbocycles. The first kappa shape index (κ1) is 48.3. The summed E-state index contributed by atoms with van der Waals surface area (Å²) in [5.41, 5.74) is 6.16. The Balaban J connectivity index is 1.16. The molecule has 2 bridgehead atoms. The Bertz CT molecular complexity index is 3080. The van der Waals surface area contributed by atoms with E-state index in [0.717, 1.165) is 6.42 Å². The van der Waals surface area contributed by atoms with Crippen molar-refractivity contribution in [3.8, 4) is 0 Å². The number of thioether (sulfide) groups is 16. The number of fused-ring (bicyclic) bond motifs is 12. The fourth-order valence-corrected chi connectivity index (χ4v) is 30.7. The smallest absolute Gasteiger partial charge is 0.0657 e. The number of hydrogen-bond donors (Lipinski definition) is 0. The van der Waals surface area contributed by atoms with Crippen LogP contribution in [0.4, 0.5) is 0 Å². The minimum atomic E-state index is 0.354. The van der Waals surface area contributed by atoms with Crippen LogP contribution in [0.3, 0.4) is 0 Å². The average molecular weight is 1170 g/mol. The monoisotopic (exact) mass is 1160 g/mol. The van der Waals surface area contributed by atoms with Gasteiger partial charge in [-0.15, -0.1) is 94.1 Å². The summed E-state index contributed by atoms with van der Waals surface area (Å²) in [5, 5.41) is 16.8. The van der Waals surface area contributed by atoms with E-state index in [1.165, 1.54) is 115 Å². The maximum atomic E-state index is 2.69. The average Bonchev–Trinajstić information content (AvgIpc) is 4.24. The lowest BCUT2D eigenvalue weighted by molar-refractivity contribution is 0.796. The van der Waals surface area contributed by atoms with Gasteiger partial charge < -0.3 is 0 Å². The zero-order valence-electron chi connectivity index (χ0n) is 37.3. The van der Waals surface area contributed by atoms with Crippen LogP contribution in [0, 0.1) is 0 Å². The van der Waals surface area contributed by atoms with Crippen LogP contribution in [-0.2, 0) is 0 Å². The van der Waals surface area contributed by atoms with Crippen LogP contribution in [0.15, 0.2) is 107 Å². The van der Waals surface area contributed by atoms with Crippen LogP contribution < -0.4 is 20.9 Å². The first-order chi connectivity index (χ1) is 32.8. The Morgan fingerprint density at radius 3 is 0.672 bits per heavy atom. The van der Waals surface area contributed by atoms with Gasteiger partial charge in [-0.25, -0.2) is 0 Å². The van der Waals surface area contributed by atoms with Crippen LogP contribution >= 0.6 is 188 Å². The molecule has 0 amide bonds. The lowest BCUT2D eigenvalue weighted by Crippen LogP contribution is -2.19. The van der Waals surface area contributed by atoms with Crippen molar-refractivity contribution in [3.63, 3.8) is 0 Å². The number of rotatable bonds is 8. The Morgan fingerprint density at radius 1 is 0.299 bits per heavy atom. The van der Waals surface area contributed by atoms with Crippen LogP contribution in [0.25, 0.3) is 60.0 Å². The molecule has 2 aliphatic carbocycles. The van der Waals surface area contributed by atoms with Crippen LogP contribution in [0.5, 0.6) is 0 Å². The summed E-state index contributed by atoms with van der Waals surface area (Å²) < 4.78 is 17.0. The van der Waals surface area contributed by atoms with Crippen molar-refractivity contribution in [2.75, 3.05) is 50.0 Å². The quantitative estimate of drug-likeness (QED) is 0.133. The van der Waals surface area contributed by atoms with E-state index >= 15 is 0 Å². The topological polar surface area (TPSA) is 0 Å². The summed E-state index contributed by atoms with van der Waals surface area (Å²) in [6.45, 7) is 0. The predicted molar refractivity (Wildman–Crippen MR) is 340 cm³/mol. The van der Waals surface area contributed by atoms with Gasteiger partial charge in [0.05, 0.1) is 50.8 Å². The fourth-order valence-electron chi connectivity index (χ4n) is 10.2. The SMILES string of the molecule is CSC1=C(SC)SC(=c2c3ccccc3c(=C3SC(SC)=C(SC)S3)c3cc4c(cc23)C2CC4c3cc4c(=C5SC(SC)=C(SC)S5)c5ccccc5c(=C5SC(SC)=C(SC)S5)c4cc32)S1. The molecular formula is C51H40S16. The zero-order valence-corrected chi connectivity index (χ0v) is 50.4. The fraction of sp³-hybridized carbons (Fsp3) is 0.216. The number of benzene rings is 6. The zero-order chi connectivity index (χ0) is 45.8. The Hall–Kier alpha value is 0.400. The van der Waals surface area contributed by atoms with Crippen LogP contribution in [0.1, 0.15) is 40.5 Å². The van der Waals surface area contributed by atoms with Gasteiger partial charge in [0.2, 0.25) is 0 Å². The maximum Gasteiger partial charge on any atom is 0.0657 e. The van der Waals surface area contributed by atoms with Gasteiger partial charge in [0.25, 0.3) is 0 Å². The number of hydrogen-bond acceptors (Lipinski definition) is 16. The van der Waals surface area contributed by atoms with Crippen molar-refractivity contribution in [1.82, 2.24) is 0 Å². The van der Waals surface area contributed by atoms with Gasteiger partial charge in [0.1, 0.15) is 0 Å². The summed E-state index contributed by atoms with van der Waals surface area (Å²) in [6.07, 6.45) is 19.0. The van der Waals surface area contributed by atoms with Crippen molar-refractivity contribution >= 4 is 248 Å². The first-order valence-electron chi connectivity index (χ1n) is 21.1. The summed E-state index contributed by atoms with van der Waals surface area (Å²) in [4.78, 5) is 0. The third kappa shape index (κ3) is 7.93. The highest BCUT2D eigenvalue weighted by molar-refractivity contribution is 8.47. The molecular weight excluding hydrogens is 1130 g/mol. The summed E-state index contributed by atoms with van der Waals surface area (Å²) >= 11 is 31.0. The molecule has 6 aliphatic rings. The van der Waals surface area contributed by atoms with Gasteiger partial charge in [0.15, 0.2) is 0 Å². The van der Waals surface area contributed by atoms with Gasteiger partial charge in [-0.05, 0) is 146 Å². The second-order valence-corrected chi connectivity index (χ2v) is 33.7. The Morgan fingerprint density at radius 2 is 0.493 bits per heavy atom. The Kier molecular flexibility index (Phi) is 14.4. The maximum absolute atomic E-state index is 2.69. The molecule has 0 radical (unpaired) electrons. The molecule has 0 nitrogen and oxygen atoms in total. The highest BCUT2D eigenvalue weighted by atomic mass is 32.3. The molecule has 0 atom stereocenters. The second-order valence-electron chi connectivity index (χ2n) is 15.9. The van der Waals surface area contributed by atoms with Crippen molar-refractivity contribution in [2.45, 2.75) is 18.3 Å². The molecule has 67 heavy (non-hydrogen) atoms. The van der Waals surface area contributed by atoms with Gasteiger partial charge in [0, 0.05) is 32.7 Å². The molecule has 0 spiro atoms. The van der Waals surface area contributed by atoms with E-state index in [0.29, 0.717) is 11.8 Å². The molecule has 0 saturated heterocycles. The Labute approximate surface area is 460 Å². The molecule has 0 aromatic heterocycles. The predicted octanol–water partition coefficient (Wildman–Crippen LogP) is 17.9. The first-order valence-corrected chi connectivity index (χ1v) is 37.4. The summed E-state index contributed by atoms with van der Waals surface area (Å²) in [5.74, 6) is 0.707. The normalized spacial score (nSPS) is 20.4. The minimum absolute atomic E-state index is 0.354. The molecule has 12 rings (SSSR count). The highest BCUT2D eigenvalue weighted by Gasteiger charge is 2.43. The molecule has 6 aromatic rings.